The van der Waals surface area contributed by atoms with Crippen molar-refractivity contribution in [3.8, 4) is 5.75 Å². The van der Waals surface area contributed by atoms with Gasteiger partial charge in [0, 0.05) is 11.2 Å². The number of hydrogen-bond donors (Lipinski definition) is 0. The first-order valence-corrected chi connectivity index (χ1v) is 6.31. The molecule has 0 bridgehead atoms. The molecule has 0 amide bonds. The smallest absolute Gasteiger partial charge is 0.134 e. The highest BCUT2D eigenvalue weighted by Crippen LogP contribution is 2.28. The molecule has 0 saturated heterocycles. The molecule has 0 spiro atoms. The van der Waals surface area contributed by atoms with Crippen LogP contribution in [0.1, 0.15) is 11.3 Å². The fraction of sp³-hybridized carbons (Fsp3) is 0.154. The maximum Gasteiger partial charge on any atom is 0.134 e. The first kappa shape index (κ1) is 12.4. The summed E-state index contributed by atoms with van der Waals surface area (Å²) in [6.45, 7) is 2.48. The van der Waals surface area contributed by atoms with Gasteiger partial charge < -0.3 is 4.74 Å². The van der Waals surface area contributed by atoms with Crippen molar-refractivity contribution >= 4 is 27.5 Å². The van der Waals surface area contributed by atoms with Crippen LogP contribution in [0.5, 0.6) is 5.75 Å². The van der Waals surface area contributed by atoms with E-state index in [0.717, 1.165) is 15.9 Å². The predicted octanol–water partition coefficient (Wildman–Crippen LogP) is 4.38. The highest BCUT2D eigenvalue weighted by atomic mass is 79.9. The molecule has 2 nitrogen and oxygen atoms in total. The first-order chi connectivity index (χ1) is 8.15. The lowest BCUT2D eigenvalue weighted by atomic mass is 10.2. The second-order valence-corrected chi connectivity index (χ2v) is 4.98. The third kappa shape index (κ3) is 3.45. The number of nitrogens with zero attached hydrogens (tertiary/aromatic N) is 1. The van der Waals surface area contributed by atoms with Crippen molar-refractivity contribution in [3.63, 3.8) is 0 Å². The summed E-state index contributed by atoms with van der Waals surface area (Å²) in [6.07, 6.45) is 1.78. The van der Waals surface area contributed by atoms with Crippen LogP contribution >= 0.6 is 27.5 Å². The maximum absolute atomic E-state index is 5.86. The van der Waals surface area contributed by atoms with Crippen LogP contribution in [-0.2, 0) is 6.61 Å². The van der Waals surface area contributed by atoms with Crippen molar-refractivity contribution in [1.29, 1.82) is 0 Å². The normalized spacial score (nSPS) is 10.3. The average molecular weight is 313 g/mol. The molecule has 0 atom stereocenters. The van der Waals surface area contributed by atoms with E-state index in [9.17, 15) is 0 Å². The highest BCUT2D eigenvalue weighted by molar-refractivity contribution is 9.10. The fourth-order valence-corrected chi connectivity index (χ4v) is 2.22. The molecule has 0 N–H and O–H groups in total. The van der Waals surface area contributed by atoms with Crippen LogP contribution in [0.4, 0.5) is 0 Å². The van der Waals surface area contributed by atoms with Gasteiger partial charge in [-0.1, -0.05) is 11.6 Å². The second kappa shape index (κ2) is 5.52. The van der Waals surface area contributed by atoms with Gasteiger partial charge in [-0.2, -0.15) is 0 Å². The standard InChI is InChI=1S/C13H11BrClNO/c1-9-4-5-16-11(6-9)8-17-13-3-2-10(15)7-12(13)14/h2-7H,8H2,1H3. The summed E-state index contributed by atoms with van der Waals surface area (Å²) in [6, 6.07) is 9.40. The molecule has 1 aromatic carbocycles. The monoisotopic (exact) mass is 311 g/mol. The minimum Gasteiger partial charge on any atom is -0.486 e. The van der Waals surface area contributed by atoms with Crippen molar-refractivity contribution in [1.82, 2.24) is 4.98 Å². The maximum atomic E-state index is 5.86. The summed E-state index contributed by atoms with van der Waals surface area (Å²) in [4.78, 5) is 4.24. The van der Waals surface area contributed by atoms with E-state index < -0.39 is 0 Å². The molecule has 17 heavy (non-hydrogen) atoms. The Balaban J connectivity index is 2.07. The zero-order chi connectivity index (χ0) is 12.3. The van der Waals surface area contributed by atoms with Crippen molar-refractivity contribution in [2.24, 2.45) is 0 Å². The Kier molecular flexibility index (Phi) is 4.02. The molecule has 0 radical (unpaired) electrons. The van der Waals surface area contributed by atoms with Gasteiger partial charge in [0.2, 0.25) is 0 Å². The molecule has 1 aromatic heterocycles. The van der Waals surface area contributed by atoms with Crippen LogP contribution in [0.15, 0.2) is 41.0 Å². The molecule has 2 rings (SSSR count). The van der Waals surface area contributed by atoms with Gasteiger partial charge in [-0.3, -0.25) is 4.98 Å². The van der Waals surface area contributed by atoms with E-state index in [2.05, 4.69) is 20.9 Å². The van der Waals surface area contributed by atoms with Crippen LogP contribution in [-0.4, -0.2) is 4.98 Å². The van der Waals surface area contributed by atoms with Gasteiger partial charge in [0.25, 0.3) is 0 Å². The molecule has 0 aliphatic rings. The number of hydrogen-bond acceptors (Lipinski definition) is 2. The molecule has 0 aliphatic heterocycles. The summed E-state index contributed by atoms with van der Waals surface area (Å²) in [7, 11) is 0. The van der Waals surface area contributed by atoms with Crippen molar-refractivity contribution in [2.75, 3.05) is 0 Å². The largest absolute Gasteiger partial charge is 0.486 e. The zero-order valence-electron chi connectivity index (χ0n) is 9.28. The number of pyridine rings is 1. The van der Waals surface area contributed by atoms with Crippen LogP contribution in [0.3, 0.4) is 0 Å². The van der Waals surface area contributed by atoms with E-state index in [-0.39, 0.29) is 0 Å². The lowest BCUT2D eigenvalue weighted by molar-refractivity contribution is 0.299. The quantitative estimate of drug-likeness (QED) is 0.839. The zero-order valence-corrected chi connectivity index (χ0v) is 11.6. The minimum absolute atomic E-state index is 0.446. The van der Waals surface area contributed by atoms with Gasteiger partial charge in [-0.05, 0) is 58.7 Å². The molecule has 2 aromatic rings. The lowest BCUT2D eigenvalue weighted by Crippen LogP contribution is -1.98. The van der Waals surface area contributed by atoms with Crippen molar-refractivity contribution < 1.29 is 4.74 Å². The number of aromatic nitrogens is 1. The van der Waals surface area contributed by atoms with E-state index in [1.807, 2.05) is 25.1 Å². The van der Waals surface area contributed by atoms with Gasteiger partial charge in [0.1, 0.15) is 12.4 Å². The van der Waals surface area contributed by atoms with Crippen LogP contribution in [0.25, 0.3) is 0 Å². The van der Waals surface area contributed by atoms with Gasteiger partial charge >= 0.3 is 0 Å². The lowest BCUT2D eigenvalue weighted by Gasteiger charge is -2.08. The molecule has 0 aliphatic carbocycles. The third-order valence-corrected chi connectivity index (χ3v) is 3.10. The predicted molar refractivity (Wildman–Crippen MR) is 72.5 cm³/mol. The Morgan fingerprint density at radius 2 is 2.12 bits per heavy atom. The summed E-state index contributed by atoms with van der Waals surface area (Å²) in [5.74, 6) is 0.762. The first-order valence-electron chi connectivity index (χ1n) is 5.14. The Labute approximate surface area is 114 Å². The fourth-order valence-electron chi connectivity index (χ4n) is 1.42. The van der Waals surface area contributed by atoms with Gasteiger partial charge in [-0.25, -0.2) is 0 Å². The number of halogens is 2. The second-order valence-electron chi connectivity index (χ2n) is 3.69. The summed E-state index contributed by atoms with van der Waals surface area (Å²) in [5, 5.41) is 0.679. The summed E-state index contributed by atoms with van der Waals surface area (Å²) >= 11 is 9.26. The molecule has 0 fully saturated rings. The number of rotatable bonds is 3. The number of benzene rings is 1. The molecule has 0 saturated carbocycles. The van der Waals surface area contributed by atoms with E-state index in [0.29, 0.717) is 11.6 Å². The van der Waals surface area contributed by atoms with Gasteiger partial charge in [0.05, 0.1) is 10.2 Å². The van der Waals surface area contributed by atoms with Gasteiger partial charge in [-0.15, -0.1) is 0 Å². The molecule has 1 heterocycles. The molecular formula is C13H11BrClNO. The Morgan fingerprint density at radius 1 is 1.29 bits per heavy atom. The van der Waals surface area contributed by atoms with E-state index in [4.69, 9.17) is 16.3 Å². The molecule has 88 valence electrons. The van der Waals surface area contributed by atoms with E-state index in [1.54, 1.807) is 18.3 Å². The Bertz CT molecular complexity index is 531. The molecule has 0 unspecified atom stereocenters. The topological polar surface area (TPSA) is 22.1 Å². The number of aryl methyl sites for hydroxylation is 1. The van der Waals surface area contributed by atoms with Crippen molar-refractivity contribution in [2.45, 2.75) is 13.5 Å². The average Bonchev–Trinajstić information content (AvgIpc) is 2.28. The summed E-state index contributed by atoms with van der Waals surface area (Å²) in [5.41, 5.74) is 2.08. The Hall–Kier alpha value is -1.06. The van der Waals surface area contributed by atoms with Gasteiger partial charge in [0.15, 0.2) is 0 Å². The molecule has 4 heteroatoms. The highest BCUT2D eigenvalue weighted by Gasteiger charge is 2.03. The number of ether oxygens (including phenoxy) is 1. The third-order valence-electron chi connectivity index (χ3n) is 2.24. The SMILES string of the molecule is Cc1ccnc(COc2ccc(Cl)cc2Br)c1. The van der Waals surface area contributed by atoms with Crippen LogP contribution in [0, 0.1) is 6.92 Å². The van der Waals surface area contributed by atoms with Crippen molar-refractivity contribution in [3.05, 3.63) is 57.3 Å². The van der Waals surface area contributed by atoms with Crippen LogP contribution in [0.2, 0.25) is 5.02 Å². The van der Waals surface area contributed by atoms with E-state index >= 15 is 0 Å². The molecular weight excluding hydrogens is 302 g/mol. The van der Waals surface area contributed by atoms with Crippen LogP contribution < -0.4 is 4.74 Å². The Morgan fingerprint density at radius 3 is 2.82 bits per heavy atom. The minimum atomic E-state index is 0.446. The van der Waals surface area contributed by atoms with E-state index in [1.165, 1.54) is 5.56 Å². The summed E-state index contributed by atoms with van der Waals surface area (Å²) < 4.78 is 6.51.